The third-order valence-corrected chi connectivity index (χ3v) is 4.59. The number of hydrogen-bond donors (Lipinski definition) is 1. The molecule has 0 saturated carbocycles. The Labute approximate surface area is 145 Å². The lowest BCUT2D eigenvalue weighted by Crippen LogP contribution is -2.42. The van der Waals surface area contributed by atoms with Crippen molar-refractivity contribution in [2.45, 2.75) is 12.0 Å². The van der Waals surface area contributed by atoms with Gasteiger partial charge in [0.2, 0.25) is 0 Å². The van der Waals surface area contributed by atoms with Crippen LogP contribution in [0.2, 0.25) is 0 Å². The van der Waals surface area contributed by atoms with Gasteiger partial charge in [0, 0.05) is 12.6 Å². The molecule has 3 rings (SSSR count). The summed E-state index contributed by atoms with van der Waals surface area (Å²) >= 11 is 0. The second kappa shape index (κ2) is 6.47. The van der Waals surface area contributed by atoms with E-state index in [2.05, 4.69) is 0 Å². The van der Waals surface area contributed by atoms with Crippen molar-refractivity contribution in [1.82, 2.24) is 4.90 Å². The molecule has 1 aliphatic rings. The van der Waals surface area contributed by atoms with Gasteiger partial charge in [-0.25, -0.2) is 0 Å². The molecule has 2 aromatic carbocycles. The highest BCUT2D eigenvalue weighted by Gasteiger charge is 2.42. The van der Waals surface area contributed by atoms with Crippen LogP contribution in [0.4, 0.5) is 0 Å². The van der Waals surface area contributed by atoms with Gasteiger partial charge in [-0.2, -0.15) is 0 Å². The highest BCUT2D eigenvalue weighted by molar-refractivity contribution is 6.00. The Hall–Kier alpha value is -3.02. The molecule has 0 unspecified atom stereocenters. The molecule has 0 radical (unpaired) electrons. The summed E-state index contributed by atoms with van der Waals surface area (Å²) in [5, 5.41) is 9.85. The van der Waals surface area contributed by atoms with Crippen molar-refractivity contribution in [3.63, 3.8) is 0 Å². The van der Waals surface area contributed by atoms with Crippen LogP contribution in [0.25, 0.3) is 0 Å². The molecular weight excluding hydrogens is 322 g/mol. The number of likely N-dealkylation sites (N-methyl/N-ethyl adjacent to an activating group) is 1. The number of hydrogen-bond acceptors (Lipinski definition) is 4. The summed E-state index contributed by atoms with van der Waals surface area (Å²) in [7, 11) is 4.67. The van der Waals surface area contributed by atoms with Gasteiger partial charge in [0.1, 0.15) is 5.92 Å². The van der Waals surface area contributed by atoms with Gasteiger partial charge in [-0.1, -0.05) is 24.3 Å². The van der Waals surface area contributed by atoms with Gasteiger partial charge in [-0.05, 0) is 29.3 Å². The number of carboxylic acid groups (broad SMARTS) is 1. The van der Waals surface area contributed by atoms with Crippen molar-refractivity contribution in [2.24, 2.45) is 0 Å². The number of carbonyl (C=O) groups excluding carboxylic acids is 1. The standard InChI is InChI=1S/C19H19NO5/c1-20-17(11-8-9-14(24-2)15(10-11)25-3)16(19(22)23)12-6-4-5-7-13(12)18(20)21/h4-10,16-17H,1-3H3,(H,22,23)/t16-,17+/m1/s1. The minimum atomic E-state index is -0.980. The first-order chi connectivity index (χ1) is 12.0. The third-order valence-electron chi connectivity index (χ3n) is 4.59. The fraction of sp³-hybridized carbons (Fsp3) is 0.263. The van der Waals surface area contributed by atoms with E-state index in [0.717, 1.165) is 0 Å². The number of carboxylic acids is 1. The summed E-state index contributed by atoms with van der Waals surface area (Å²) in [6.45, 7) is 0. The highest BCUT2D eigenvalue weighted by atomic mass is 16.5. The molecule has 2 aromatic rings. The molecule has 6 nitrogen and oxygen atoms in total. The number of fused-ring (bicyclic) bond motifs is 1. The summed E-state index contributed by atoms with van der Waals surface area (Å²) < 4.78 is 10.6. The van der Waals surface area contributed by atoms with Crippen LogP contribution in [-0.2, 0) is 4.79 Å². The lowest BCUT2D eigenvalue weighted by Gasteiger charge is -2.38. The van der Waals surface area contributed by atoms with E-state index in [-0.39, 0.29) is 5.91 Å². The molecule has 1 aliphatic heterocycles. The number of aliphatic carboxylic acids is 1. The Morgan fingerprint density at radius 1 is 1.08 bits per heavy atom. The van der Waals surface area contributed by atoms with Gasteiger partial charge in [0.05, 0.1) is 20.3 Å². The van der Waals surface area contributed by atoms with Crippen LogP contribution in [0.3, 0.4) is 0 Å². The second-order valence-corrected chi connectivity index (χ2v) is 5.88. The fourth-order valence-corrected chi connectivity index (χ4v) is 3.39. The molecule has 6 heteroatoms. The number of rotatable bonds is 4. The maximum Gasteiger partial charge on any atom is 0.313 e. The summed E-state index contributed by atoms with van der Waals surface area (Å²) in [4.78, 5) is 26.2. The lowest BCUT2D eigenvalue weighted by atomic mass is 9.80. The van der Waals surface area contributed by atoms with Gasteiger partial charge in [-0.15, -0.1) is 0 Å². The minimum absolute atomic E-state index is 0.201. The molecule has 0 aromatic heterocycles. The smallest absolute Gasteiger partial charge is 0.313 e. The normalized spacial score (nSPS) is 19.3. The van der Waals surface area contributed by atoms with Gasteiger partial charge in [-0.3, -0.25) is 9.59 Å². The van der Waals surface area contributed by atoms with Crippen molar-refractivity contribution >= 4 is 11.9 Å². The molecule has 0 aliphatic carbocycles. The zero-order chi connectivity index (χ0) is 18.1. The Kier molecular flexibility index (Phi) is 4.35. The van der Waals surface area contributed by atoms with Gasteiger partial charge >= 0.3 is 5.97 Å². The fourth-order valence-electron chi connectivity index (χ4n) is 3.39. The molecule has 1 amide bonds. The first-order valence-corrected chi connectivity index (χ1v) is 7.80. The number of carbonyl (C=O) groups is 2. The van der Waals surface area contributed by atoms with Gasteiger partial charge < -0.3 is 19.5 Å². The predicted molar refractivity (Wildman–Crippen MR) is 91.2 cm³/mol. The lowest BCUT2D eigenvalue weighted by molar-refractivity contribution is -0.140. The Morgan fingerprint density at radius 3 is 2.40 bits per heavy atom. The van der Waals surface area contributed by atoms with Crippen molar-refractivity contribution < 1.29 is 24.2 Å². The van der Waals surface area contributed by atoms with Crippen LogP contribution >= 0.6 is 0 Å². The first-order valence-electron chi connectivity index (χ1n) is 7.80. The second-order valence-electron chi connectivity index (χ2n) is 5.88. The molecular formula is C19H19NO5. The Balaban J connectivity index is 2.17. The third kappa shape index (κ3) is 2.69. The van der Waals surface area contributed by atoms with E-state index < -0.39 is 17.9 Å². The summed E-state index contributed by atoms with van der Waals surface area (Å²) in [5.74, 6) is -1.01. The van der Waals surface area contributed by atoms with E-state index in [9.17, 15) is 14.7 Å². The number of benzene rings is 2. The number of ether oxygens (including phenoxy) is 2. The van der Waals surface area contributed by atoms with Crippen LogP contribution in [-0.4, -0.2) is 43.2 Å². The Morgan fingerprint density at radius 2 is 1.76 bits per heavy atom. The van der Waals surface area contributed by atoms with E-state index in [1.54, 1.807) is 49.5 Å². The summed E-state index contributed by atoms with van der Waals surface area (Å²) in [6.07, 6.45) is 0. The molecule has 0 spiro atoms. The zero-order valence-electron chi connectivity index (χ0n) is 14.2. The molecule has 2 atom stereocenters. The van der Waals surface area contributed by atoms with Crippen LogP contribution in [0.15, 0.2) is 42.5 Å². The largest absolute Gasteiger partial charge is 0.493 e. The van der Waals surface area contributed by atoms with Crippen LogP contribution < -0.4 is 9.47 Å². The molecule has 0 bridgehead atoms. The summed E-state index contributed by atoms with van der Waals surface area (Å²) in [6, 6.07) is 11.4. The SMILES string of the molecule is COc1ccc([C@H]2[C@H](C(=O)O)c3ccccc3C(=O)N2C)cc1OC. The highest BCUT2D eigenvalue weighted by Crippen LogP contribution is 2.43. The van der Waals surface area contributed by atoms with Crippen molar-refractivity contribution in [3.8, 4) is 11.5 Å². The predicted octanol–water partition coefficient (Wildman–Crippen LogP) is 2.70. The average Bonchev–Trinajstić information content (AvgIpc) is 2.63. The number of amides is 1. The number of methoxy groups -OCH3 is 2. The average molecular weight is 341 g/mol. The van der Waals surface area contributed by atoms with E-state index in [1.165, 1.54) is 19.1 Å². The van der Waals surface area contributed by atoms with E-state index in [1.807, 2.05) is 0 Å². The number of nitrogens with zero attached hydrogens (tertiary/aromatic N) is 1. The molecule has 130 valence electrons. The van der Waals surface area contributed by atoms with E-state index >= 15 is 0 Å². The maximum absolute atomic E-state index is 12.7. The molecule has 1 N–H and O–H groups in total. The molecule has 25 heavy (non-hydrogen) atoms. The van der Waals surface area contributed by atoms with Crippen LogP contribution in [0, 0.1) is 0 Å². The van der Waals surface area contributed by atoms with Gasteiger partial charge in [0.15, 0.2) is 11.5 Å². The molecule has 1 heterocycles. The van der Waals surface area contributed by atoms with Gasteiger partial charge in [0.25, 0.3) is 5.91 Å². The van der Waals surface area contributed by atoms with Crippen molar-refractivity contribution in [1.29, 1.82) is 0 Å². The maximum atomic E-state index is 12.7. The quantitative estimate of drug-likeness (QED) is 0.925. The van der Waals surface area contributed by atoms with Crippen LogP contribution in [0.1, 0.15) is 33.4 Å². The summed E-state index contributed by atoms with van der Waals surface area (Å²) in [5.41, 5.74) is 1.63. The minimum Gasteiger partial charge on any atom is -0.493 e. The Bertz CT molecular complexity index is 832. The van der Waals surface area contributed by atoms with E-state index in [4.69, 9.17) is 9.47 Å². The zero-order valence-corrected chi connectivity index (χ0v) is 14.2. The van der Waals surface area contributed by atoms with Crippen molar-refractivity contribution in [2.75, 3.05) is 21.3 Å². The monoisotopic (exact) mass is 341 g/mol. The first kappa shape index (κ1) is 16.8. The topological polar surface area (TPSA) is 76.1 Å². The van der Waals surface area contributed by atoms with Crippen molar-refractivity contribution in [3.05, 3.63) is 59.2 Å². The van der Waals surface area contributed by atoms with Crippen LogP contribution in [0.5, 0.6) is 11.5 Å². The van der Waals surface area contributed by atoms with E-state index in [0.29, 0.717) is 28.2 Å². The molecule has 0 fully saturated rings. The molecule has 0 saturated heterocycles.